The van der Waals surface area contributed by atoms with E-state index in [2.05, 4.69) is 5.10 Å². The van der Waals surface area contributed by atoms with Gasteiger partial charge >= 0.3 is 5.97 Å². The van der Waals surface area contributed by atoms with Crippen molar-refractivity contribution in [3.8, 4) is 0 Å². The number of hydrogen-bond acceptors (Lipinski definition) is 4. The van der Waals surface area contributed by atoms with Crippen LogP contribution in [0.15, 0.2) is 42.7 Å². The van der Waals surface area contributed by atoms with Crippen LogP contribution < -0.4 is 0 Å². The zero-order chi connectivity index (χ0) is 18.5. The van der Waals surface area contributed by atoms with E-state index >= 15 is 0 Å². The highest BCUT2D eigenvalue weighted by atomic mass is 16.5. The molecule has 1 aliphatic heterocycles. The molecule has 1 aromatic carbocycles. The van der Waals surface area contributed by atoms with E-state index in [4.69, 9.17) is 9.84 Å². The molecule has 2 aromatic rings. The van der Waals surface area contributed by atoms with Gasteiger partial charge < -0.3 is 14.7 Å². The summed E-state index contributed by atoms with van der Waals surface area (Å²) in [6.45, 7) is 3.43. The van der Waals surface area contributed by atoms with Crippen LogP contribution in [0.2, 0.25) is 0 Å². The van der Waals surface area contributed by atoms with Gasteiger partial charge in [-0.3, -0.25) is 9.48 Å². The number of likely N-dealkylation sites (tertiary alicyclic amines) is 1. The van der Waals surface area contributed by atoms with Crippen LogP contribution in [-0.2, 0) is 16.1 Å². The van der Waals surface area contributed by atoms with E-state index in [0.29, 0.717) is 19.7 Å². The molecule has 1 fully saturated rings. The molecule has 1 aliphatic rings. The minimum Gasteiger partial charge on any atom is -0.478 e. The predicted octanol–water partition coefficient (Wildman–Crippen LogP) is 2.35. The molecule has 26 heavy (non-hydrogen) atoms. The monoisotopic (exact) mass is 357 g/mol. The molecule has 138 valence electrons. The first-order valence-electron chi connectivity index (χ1n) is 8.76. The third kappa shape index (κ3) is 4.29. The number of piperidine rings is 1. The summed E-state index contributed by atoms with van der Waals surface area (Å²) in [5.74, 6) is -0.987. The Morgan fingerprint density at radius 3 is 2.58 bits per heavy atom. The van der Waals surface area contributed by atoms with Gasteiger partial charge in [0.15, 0.2) is 0 Å². The fourth-order valence-electron chi connectivity index (χ4n) is 3.12. The van der Waals surface area contributed by atoms with E-state index in [-0.39, 0.29) is 17.5 Å². The minimum absolute atomic E-state index is 0.00827. The number of benzene rings is 1. The standard InChI is InChI=1S/C19H23N3O4/c1-14(26-13-15-5-3-2-4-6-15)18(23)21-9-7-17(8-10-21)22-12-16(11-20-22)19(24)25/h2-6,11-12,14,17H,7-10,13H2,1H3,(H,24,25). The Morgan fingerprint density at radius 2 is 1.96 bits per heavy atom. The molecule has 0 radical (unpaired) electrons. The first kappa shape index (κ1) is 18.1. The SMILES string of the molecule is CC(OCc1ccccc1)C(=O)N1CCC(n2cc(C(=O)O)cn2)CC1. The Bertz CT molecular complexity index is 751. The first-order valence-corrected chi connectivity index (χ1v) is 8.76. The molecule has 2 heterocycles. The molecular formula is C19H23N3O4. The number of carboxylic acids is 1. The maximum absolute atomic E-state index is 12.6. The molecular weight excluding hydrogens is 334 g/mol. The Balaban J connectivity index is 1.48. The second-order valence-electron chi connectivity index (χ2n) is 6.51. The molecule has 7 nitrogen and oxygen atoms in total. The number of aromatic nitrogens is 2. The minimum atomic E-state index is -0.978. The van der Waals surface area contributed by atoms with E-state index < -0.39 is 12.1 Å². The normalized spacial score (nSPS) is 16.4. The van der Waals surface area contributed by atoms with Crippen LogP contribution in [0, 0.1) is 0 Å². The third-order valence-corrected chi connectivity index (χ3v) is 4.69. The summed E-state index contributed by atoms with van der Waals surface area (Å²) in [7, 11) is 0. The van der Waals surface area contributed by atoms with Crippen LogP contribution in [-0.4, -0.2) is 50.9 Å². The second-order valence-corrected chi connectivity index (χ2v) is 6.51. The molecule has 3 rings (SSSR count). The fourth-order valence-corrected chi connectivity index (χ4v) is 3.12. The molecule has 0 aliphatic carbocycles. The molecule has 1 saturated heterocycles. The number of ether oxygens (including phenoxy) is 1. The summed E-state index contributed by atoms with van der Waals surface area (Å²) < 4.78 is 7.41. The first-order chi connectivity index (χ1) is 12.5. The molecule has 1 aromatic heterocycles. The van der Waals surface area contributed by atoms with E-state index in [1.807, 2.05) is 35.2 Å². The Kier molecular flexibility index (Phi) is 5.68. The lowest BCUT2D eigenvalue weighted by molar-refractivity contribution is -0.144. The summed E-state index contributed by atoms with van der Waals surface area (Å²) in [5, 5.41) is 13.1. The lowest BCUT2D eigenvalue weighted by atomic mass is 10.0. The lowest BCUT2D eigenvalue weighted by Crippen LogP contribution is -2.44. The number of nitrogens with zero attached hydrogens (tertiary/aromatic N) is 3. The zero-order valence-corrected chi connectivity index (χ0v) is 14.7. The average Bonchev–Trinajstić information content (AvgIpc) is 3.17. The van der Waals surface area contributed by atoms with Gasteiger partial charge in [0.1, 0.15) is 6.10 Å². The van der Waals surface area contributed by atoms with Crippen molar-refractivity contribution in [1.29, 1.82) is 0 Å². The van der Waals surface area contributed by atoms with Gasteiger partial charge in [-0.05, 0) is 25.3 Å². The number of carbonyl (C=O) groups excluding carboxylic acids is 1. The highest BCUT2D eigenvalue weighted by molar-refractivity contribution is 5.86. The van der Waals surface area contributed by atoms with Crippen LogP contribution in [0.25, 0.3) is 0 Å². The number of amides is 1. The van der Waals surface area contributed by atoms with Gasteiger partial charge in [-0.2, -0.15) is 5.10 Å². The van der Waals surface area contributed by atoms with Gasteiger partial charge in [-0.15, -0.1) is 0 Å². The molecule has 1 unspecified atom stereocenters. The quantitative estimate of drug-likeness (QED) is 0.858. The van der Waals surface area contributed by atoms with E-state index in [1.54, 1.807) is 17.8 Å². The van der Waals surface area contributed by atoms with Crippen molar-refractivity contribution >= 4 is 11.9 Å². The van der Waals surface area contributed by atoms with Crippen molar-refractivity contribution in [3.63, 3.8) is 0 Å². The summed E-state index contributed by atoms with van der Waals surface area (Å²) in [4.78, 5) is 25.3. The number of carboxylic acid groups (broad SMARTS) is 1. The van der Waals surface area contributed by atoms with Gasteiger partial charge in [0, 0.05) is 19.3 Å². The summed E-state index contributed by atoms with van der Waals surface area (Å²) >= 11 is 0. The van der Waals surface area contributed by atoms with E-state index in [9.17, 15) is 9.59 Å². The van der Waals surface area contributed by atoms with Crippen LogP contribution in [0.1, 0.15) is 41.7 Å². The number of rotatable bonds is 6. The van der Waals surface area contributed by atoms with E-state index in [1.165, 1.54) is 6.20 Å². The summed E-state index contributed by atoms with van der Waals surface area (Å²) in [6.07, 6.45) is 3.92. The van der Waals surface area contributed by atoms with Crippen molar-refractivity contribution in [2.24, 2.45) is 0 Å². The molecule has 1 amide bonds. The second kappa shape index (κ2) is 8.14. The van der Waals surface area contributed by atoms with Gasteiger partial charge in [-0.1, -0.05) is 30.3 Å². The highest BCUT2D eigenvalue weighted by Crippen LogP contribution is 2.23. The van der Waals surface area contributed by atoms with E-state index in [0.717, 1.165) is 18.4 Å². The van der Waals surface area contributed by atoms with Crippen molar-refractivity contribution in [1.82, 2.24) is 14.7 Å². The van der Waals surface area contributed by atoms with Crippen molar-refractivity contribution < 1.29 is 19.4 Å². The predicted molar refractivity (Wildman–Crippen MR) is 94.7 cm³/mol. The van der Waals surface area contributed by atoms with Crippen molar-refractivity contribution in [2.75, 3.05) is 13.1 Å². The largest absolute Gasteiger partial charge is 0.478 e. The summed E-state index contributed by atoms with van der Waals surface area (Å²) in [5.41, 5.74) is 1.23. The van der Waals surface area contributed by atoms with Crippen LogP contribution in [0.3, 0.4) is 0 Å². The number of hydrogen-bond donors (Lipinski definition) is 1. The van der Waals surface area contributed by atoms with Gasteiger partial charge in [0.2, 0.25) is 0 Å². The smallest absolute Gasteiger partial charge is 0.338 e. The average molecular weight is 357 g/mol. The zero-order valence-electron chi connectivity index (χ0n) is 14.7. The third-order valence-electron chi connectivity index (χ3n) is 4.69. The topological polar surface area (TPSA) is 84.7 Å². The Labute approximate surface area is 152 Å². The maximum Gasteiger partial charge on any atom is 0.338 e. The molecule has 0 bridgehead atoms. The van der Waals surface area contributed by atoms with Crippen molar-refractivity contribution in [2.45, 2.75) is 38.5 Å². The highest BCUT2D eigenvalue weighted by Gasteiger charge is 2.27. The summed E-state index contributed by atoms with van der Waals surface area (Å²) in [6, 6.07) is 9.90. The Morgan fingerprint density at radius 1 is 1.27 bits per heavy atom. The van der Waals surface area contributed by atoms with Gasteiger partial charge in [0.25, 0.3) is 5.91 Å². The van der Waals surface area contributed by atoms with Crippen molar-refractivity contribution in [3.05, 3.63) is 53.9 Å². The molecule has 7 heteroatoms. The van der Waals surface area contributed by atoms with Crippen LogP contribution in [0.4, 0.5) is 0 Å². The molecule has 1 atom stereocenters. The van der Waals surface area contributed by atoms with Gasteiger partial charge in [0.05, 0.1) is 24.4 Å². The number of aromatic carboxylic acids is 1. The lowest BCUT2D eigenvalue weighted by Gasteiger charge is -2.33. The molecule has 0 saturated carbocycles. The molecule has 1 N–H and O–H groups in total. The van der Waals surface area contributed by atoms with Crippen LogP contribution >= 0.6 is 0 Å². The Hall–Kier alpha value is -2.67. The van der Waals surface area contributed by atoms with Crippen LogP contribution in [0.5, 0.6) is 0 Å². The fraction of sp³-hybridized carbons (Fsp3) is 0.421. The maximum atomic E-state index is 12.6. The number of carbonyl (C=O) groups is 2. The van der Waals surface area contributed by atoms with Gasteiger partial charge in [-0.25, -0.2) is 4.79 Å². The molecule has 0 spiro atoms.